The molecular weight excluding hydrogens is 320 g/mol. The Labute approximate surface area is 146 Å². The molecule has 0 spiro atoms. The number of carbonyl (C=O) groups excluding carboxylic acids is 2. The zero-order valence-electron chi connectivity index (χ0n) is 14.6. The predicted octanol–water partition coefficient (Wildman–Crippen LogP) is 3.21. The zero-order valence-corrected chi connectivity index (χ0v) is 14.6. The minimum absolute atomic E-state index is 0.387. The number of hydrogen-bond donors (Lipinski definition) is 0. The Balaban J connectivity index is 2.20. The summed E-state index contributed by atoms with van der Waals surface area (Å²) < 4.78 is 11.7. The van der Waals surface area contributed by atoms with Gasteiger partial charge in [-0.05, 0) is 56.7 Å². The maximum atomic E-state index is 12.0. The van der Waals surface area contributed by atoms with Crippen molar-refractivity contribution in [2.45, 2.75) is 32.3 Å². The molecule has 0 aliphatic rings. The summed E-state index contributed by atoms with van der Waals surface area (Å²) in [6, 6.07) is 10.5. The van der Waals surface area contributed by atoms with Crippen LogP contribution in [0.2, 0.25) is 0 Å². The Kier molecular flexibility index (Phi) is 5.28. The largest absolute Gasteiger partial charge is 0.468 e. The van der Waals surface area contributed by atoms with Gasteiger partial charge in [-0.2, -0.15) is 5.26 Å². The molecule has 0 N–H and O–H groups in total. The van der Waals surface area contributed by atoms with Crippen LogP contribution in [-0.2, 0) is 14.3 Å². The van der Waals surface area contributed by atoms with Crippen LogP contribution in [0.15, 0.2) is 42.7 Å². The van der Waals surface area contributed by atoms with Crippen molar-refractivity contribution in [3.8, 4) is 11.8 Å². The first-order valence-electron chi connectivity index (χ1n) is 7.74. The lowest BCUT2D eigenvalue weighted by Gasteiger charge is -2.19. The highest BCUT2D eigenvalue weighted by Crippen LogP contribution is 2.20. The van der Waals surface area contributed by atoms with Crippen molar-refractivity contribution < 1.29 is 19.1 Å². The Morgan fingerprint density at radius 3 is 2.32 bits per heavy atom. The van der Waals surface area contributed by atoms with E-state index in [1.165, 1.54) is 7.11 Å². The van der Waals surface area contributed by atoms with E-state index in [-0.39, 0.29) is 5.97 Å². The van der Waals surface area contributed by atoms with Crippen LogP contribution >= 0.6 is 0 Å². The van der Waals surface area contributed by atoms with Crippen molar-refractivity contribution in [3.63, 3.8) is 0 Å². The zero-order chi connectivity index (χ0) is 18.6. The summed E-state index contributed by atoms with van der Waals surface area (Å²) in [5.74, 6) is -1.95. The third kappa shape index (κ3) is 4.48. The average molecular weight is 340 g/mol. The van der Waals surface area contributed by atoms with Crippen LogP contribution in [0.1, 0.15) is 42.6 Å². The summed E-state index contributed by atoms with van der Waals surface area (Å²) in [5, 5.41) is 9.14. The number of hydrogen-bond acceptors (Lipinski definition) is 5. The Hall–Kier alpha value is -3.07. The maximum absolute atomic E-state index is 12.0. The van der Waals surface area contributed by atoms with Gasteiger partial charge in [0.05, 0.1) is 18.7 Å². The summed E-state index contributed by atoms with van der Waals surface area (Å²) in [7, 11) is 1.25. The van der Waals surface area contributed by atoms with E-state index in [2.05, 4.69) is 4.74 Å². The molecule has 1 unspecified atom stereocenters. The van der Waals surface area contributed by atoms with Gasteiger partial charge in [0.15, 0.2) is 5.92 Å². The van der Waals surface area contributed by atoms with E-state index in [9.17, 15) is 9.59 Å². The number of carbonyl (C=O) groups is 2. The van der Waals surface area contributed by atoms with Crippen LogP contribution in [0.3, 0.4) is 0 Å². The first-order chi connectivity index (χ1) is 11.7. The first-order valence-corrected chi connectivity index (χ1v) is 7.74. The molecule has 0 bridgehead atoms. The molecule has 130 valence electrons. The van der Waals surface area contributed by atoms with Gasteiger partial charge in [-0.3, -0.25) is 4.79 Å². The van der Waals surface area contributed by atoms with E-state index >= 15 is 0 Å². The van der Waals surface area contributed by atoms with E-state index < -0.39 is 17.5 Å². The lowest BCUT2D eigenvalue weighted by Crippen LogP contribution is -2.23. The van der Waals surface area contributed by atoms with Gasteiger partial charge < -0.3 is 14.0 Å². The molecule has 1 atom stereocenters. The molecule has 6 nitrogen and oxygen atoms in total. The highest BCUT2D eigenvalue weighted by Gasteiger charge is 2.22. The molecule has 0 amide bonds. The topological polar surface area (TPSA) is 81.3 Å². The van der Waals surface area contributed by atoms with Gasteiger partial charge in [0.2, 0.25) is 0 Å². The molecule has 0 radical (unpaired) electrons. The van der Waals surface area contributed by atoms with Gasteiger partial charge in [-0.25, -0.2) is 4.79 Å². The first kappa shape index (κ1) is 18.3. The smallest absolute Gasteiger partial charge is 0.338 e. The molecule has 0 aliphatic heterocycles. The second-order valence-electron chi connectivity index (χ2n) is 6.49. The average Bonchev–Trinajstić information content (AvgIpc) is 3.03. The van der Waals surface area contributed by atoms with Crippen molar-refractivity contribution >= 4 is 11.9 Å². The monoisotopic (exact) mass is 340 g/mol. The molecular formula is C19H20N2O4. The number of methoxy groups -OCH3 is 1. The van der Waals surface area contributed by atoms with Crippen LogP contribution in [-0.4, -0.2) is 29.2 Å². The van der Waals surface area contributed by atoms with Crippen molar-refractivity contribution in [1.29, 1.82) is 5.26 Å². The fraction of sp³-hybridized carbons (Fsp3) is 0.316. The molecule has 25 heavy (non-hydrogen) atoms. The normalized spacial score (nSPS) is 12.1. The molecule has 1 aromatic heterocycles. The third-order valence-electron chi connectivity index (χ3n) is 3.42. The third-order valence-corrected chi connectivity index (χ3v) is 3.42. The molecule has 2 aromatic rings. The number of ether oxygens (including phenoxy) is 2. The molecule has 1 aromatic carbocycles. The van der Waals surface area contributed by atoms with E-state index in [1.54, 1.807) is 47.3 Å². The van der Waals surface area contributed by atoms with Gasteiger partial charge in [0.25, 0.3) is 0 Å². The molecule has 0 aliphatic carbocycles. The highest BCUT2D eigenvalue weighted by atomic mass is 16.6. The van der Waals surface area contributed by atoms with E-state index in [0.717, 1.165) is 5.69 Å². The summed E-state index contributed by atoms with van der Waals surface area (Å²) in [6.07, 6.45) is 3.43. The van der Waals surface area contributed by atoms with Crippen molar-refractivity contribution in [3.05, 3.63) is 53.9 Å². The minimum atomic E-state index is -0.965. The van der Waals surface area contributed by atoms with Gasteiger partial charge >= 0.3 is 11.9 Å². The minimum Gasteiger partial charge on any atom is -0.468 e. The number of rotatable bonds is 4. The van der Waals surface area contributed by atoms with Gasteiger partial charge in [-0.15, -0.1) is 0 Å². The lowest BCUT2D eigenvalue weighted by atomic mass is 10.1. The molecule has 2 rings (SSSR count). The van der Waals surface area contributed by atoms with E-state index in [1.807, 2.05) is 26.8 Å². The van der Waals surface area contributed by atoms with E-state index in [4.69, 9.17) is 10.00 Å². The Morgan fingerprint density at radius 2 is 1.80 bits per heavy atom. The van der Waals surface area contributed by atoms with Gasteiger partial charge in [-0.1, -0.05) is 0 Å². The van der Waals surface area contributed by atoms with Crippen LogP contribution in [0.4, 0.5) is 0 Å². The second-order valence-corrected chi connectivity index (χ2v) is 6.49. The number of aromatic nitrogens is 1. The van der Waals surface area contributed by atoms with Crippen molar-refractivity contribution in [2.24, 2.45) is 0 Å². The van der Waals surface area contributed by atoms with Gasteiger partial charge in [0, 0.05) is 18.1 Å². The second kappa shape index (κ2) is 7.22. The molecule has 0 fully saturated rings. The number of nitrogens with zero attached hydrogens (tertiary/aromatic N) is 2. The van der Waals surface area contributed by atoms with Crippen molar-refractivity contribution in [1.82, 2.24) is 4.57 Å². The molecule has 1 heterocycles. The van der Waals surface area contributed by atoms with Crippen LogP contribution < -0.4 is 0 Å². The standard InChI is InChI=1S/C19H20N2O4/c1-19(2,3)25-17(22)13-5-7-15(8-6-13)21-10-9-14(12-21)16(11-20)18(23)24-4/h5-10,12,16H,1-4H3. The van der Waals surface area contributed by atoms with Gasteiger partial charge in [0.1, 0.15) is 5.60 Å². The number of esters is 2. The Bertz CT molecular complexity index is 807. The summed E-state index contributed by atoms with van der Waals surface area (Å²) in [6.45, 7) is 5.44. The SMILES string of the molecule is COC(=O)C(C#N)c1ccn(-c2ccc(C(=O)OC(C)(C)C)cc2)c1. The van der Waals surface area contributed by atoms with Crippen molar-refractivity contribution in [2.75, 3.05) is 7.11 Å². The van der Waals surface area contributed by atoms with Crippen LogP contribution in [0, 0.1) is 11.3 Å². The fourth-order valence-corrected chi connectivity index (χ4v) is 2.23. The maximum Gasteiger partial charge on any atom is 0.338 e. The lowest BCUT2D eigenvalue weighted by molar-refractivity contribution is -0.141. The quantitative estimate of drug-likeness (QED) is 0.798. The summed E-state index contributed by atoms with van der Waals surface area (Å²) in [5.41, 5.74) is 1.24. The summed E-state index contributed by atoms with van der Waals surface area (Å²) in [4.78, 5) is 23.6. The molecule has 0 saturated heterocycles. The predicted molar refractivity (Wildman–Crippen MR) is 91.3 cm³/mol. The number of nitriles is 1. The Morgan fingerprint density at radius 1 is 1.16 bits per heavy atom. The highest BCUT2D eigenvalue weighted by molar-refractivity contribution is 5.89. The van der Waals surface area contributed by atoms with Crippen LogP contribution in [0.25, 0.3) is 5.69 Å². The molecule has 6 heteroatoms. The molecule has 0 saturated carbocycles. The fourth-order valence-electron chi connectivity index (χ4n) is 2.23. The summed E-state index contributed by atoms with van der Waals surface area (Å²) >= 11 is 0. The van der Waals surface area contributed by atoms with Crippen LogP contribution in [0.5, 0.6) is 0 Å². The number of benzene rings is 1. The van der Waals surface area contributed by atoms with E-state index in [0.29, 0.717) is 11.1 Å².